The van der Waals surface area contributed by atoms with Crippen molar-refractivity contribution in [1.82, 2.24) is 15.8 Å². The third-order valence-electron chi connectivity index (χ3n) is 3.62. The number of amides is 4. The maximum atomic E-state index is 12.2. The number of thioether (sulfide) groups is 1. The molecule has 0 radical (unpaired) electrons. The second kappa shape index (κ2) is 6.91. The smallest absolute Gasteiger partial charge is 0.344 e. The van der Waals surface area contributed by atoms with Crippen LogP contribution in [0.3, 0.4) is 0 Å². The lowest BCUT2D eigenvalue weighted by Crippen LogP contribution is -2.49. The van der Waals surface area contributed by atoms with Crippen molar-refractivity contribution in [3.8, 4) is 5.75 Å². The van der Waals surface area contributed by atoms with E-state index < -0.39 is 23.4 Å². The highest BCUT2D eigenvalue weighted by atomic mass is 32.2. The van der Waals surface area contributed by atoms with Gasteiger partial charge in [-0.3, -0.25) is 15.0 Å². The van der Waals surface area contributed by atoms with Crippen molar-refractivity contribution < 1.29 is 19.1 Å². The molecule has 1 saturated heterocycles. The van der Waals surface area contributed by atoms with Gasteiger partial charge in [-0.25, -0.2) is 4.79 Å². The van der Waals surface area contributed by atoms with Crippen molar-refractivity contribution in [2.45, 2.75) is 30.7 Å². The number of carbonyl (C=O) groups excluding carboxylic acids is 3. The molecule has 2 N–H and O–H groups in total. The summed E-state index contributed by atoms with van der Waals surface area (Å²) in [5.41, 5.74) is 1.38. The fraction of sp³-hybridized carbons (Fsp3) is 0.400. The van der Waals surface area contributed by atoms with Crippen LogP contribution in [0.25, 0.3) is 0 Å². The van der Waals surface area contributed by atoms with E-state index in [0.29, 0.717) is 12.2 Å². The van der Waals surface area contributed by atoms with Gasteiger partial charge in [0, 0.05) is 4.90 Å². The summed E-state index contributed by atoms with van der Waals surface area (Å²) in [6.45, 7) is 3.42. The van der Waals surface area contributed by atoms with E-state index in [2.05, 4.69) is 10.7 Å². The number of hydrogen-bond acceptors (Lipinski definition) is 5. The lowest BCUT2D eigenvalue weighted by molar-refractivity contribution is -0.137. The Balaban J connectivity index is 1.92. The van der Waals surface area contributed by atoms with Crippen LogP contribution in [0.15, 0.2) is 29.2 Å². The summed E-state index contributed by atoms with van der Waals surface area (Å²) >= 11 is 1.29. The Kier molecular flexibility index (Phi) is 5.15. The molecule has 2 rings (SSSR count). The molecule has 1 aromatic rings. The SMILES string of the molecule is CCC1(C)NC(=O)N(NC(=O)CSc2cccc(OC)c2)C1=O. The van der Waals surface area contributed by atoms with Crippen molar-refractivity contribution in [2.24, 2.45) is 0 Å². The third-order valence-corrected chi connectivity index (χ3v) is 4.61. The Bertz CT molecular complexity index is 637. The first-order valence-corrected chi connectivity index (χ1v) is 8.11. The number of rotatable bonds is 6. The molecule has 1 aromatic carbocycles. The molecule has 0 bridgehead atoms. The predicted molar refractivity (Wildman–Crippen MR) is 85.9 cm³/mol. The molecule has 7 nitrogen and oxygen atoms in total. The Morgan fingerprint density at radius 1 is 1.43 bits per heavy atom. The van der Waals surface area contributed by atoms with E-state index in [1.165, 1.54) is 11.8 Å². The summed E-state index contributed by atoms with van der Waals surface area (Å²) in [4.78, 5) is 36.8. The lowest BCUT2D eigenvalue weighted by atomic mass is 10.00. The molecule has 23 heavy (non-hydrogen) atoms. The van der Waals surface area contributed by atoms with Crippen LogP contribution in [-0.2, 0) is 9.59 Å². The lowest BCUT2D eigenvalue weighted by Gasteiger charge is -2.19. The standard InChI is InChI=1S/C15H19N3O4S/c1-4-15(2)13(20)18(14(21)16-15)17-12(19)9-23-11-7-5-6-10(8-11)22-3/h5-8H,4,9H2,1-3H3,(H,16,21)(H,17,19). The Hall–Kier alpha value is -2.22. The first kappa shape index (κ1) is 17.1. The van der Waals surface area contributed by atoms with Gasteiger partial charge in [0.05, 0.1) is 12.9 Å². The summed E-state index contributed by atoms with van der Waals surface area (Å²) in [6.07, 6.45) is 0.447. The molecule has 1 unspecified atom stereocenters. The van der Waals surface area contributed by atoms with Gasteiger partial charge in [-0.1, -0.05) is 13.0 Å². The number of nitrogens with zero attached hydrogens (tertiary/aromatic N) is 1. The van der Waals surface area contributed by atoms with E-state index in [0.717, 1.165) is 9.90 Å². The van der Waals surface area contributed by atoms with E-state index in [1.807, 2.05) is 18.2 Å². The number of methoxy groups -OCH3 is 1. The van der Waals surface area contributed by atoms with E-state index in [1.54, 1.807) is 27.0 Å². The van der Waals surface area contributed by atoms with Crippen molar-refractivity contribution in [3.63, 3.8) is 0 Å². The number of nitrogens with one attached hydrogen (secondary N) is 2. The van der Waals surface area contributed by atoms with Gasteiger partial charge in [0.2, 0.25) is 5.91 Å². The van der Waals surface area contributed by atoms with Gasteiger partial charge in [-0.15, -0.1) is 11.8 Å². The zero-order valence-electron chi connectivity index (χ0n) is 13.2. The molecule has 1 aliphatic rings. The summed E-state index contributed by atoms with van der Waals surface area (Å²) in [5.74, 6) is -0.109. The highest BCUT2D eigenvalue weighted by molar-refractivity contribution is 8.00. The number of imide groups is 1. The maximum Gasteiger partial charge on any atom is 0.344 e. The summed E-state index contributed by atoms with van der Waals surface area (Å²) < 4.78 is 5.11. The molecule has 0 aromatic heterocycles. The first-order valence-electron chi connectivity index (χ1n) is 7.12. The number of ether oxygens (including phenoxy) is 1. The number of urea groups is 1. The molecule has 1 aliphatic heterocycles. The Morgan fingerprint density at radius 3 is 2.78 bits per heavy atom. The van der Waals surface area contributed by atoms with Gasteiger partial charge in [0.1, 0.15) is 11.3 Å². The molecular formula is C15H19N3O4S. The van der Waals surface area contributed by atoms with Gasteiger partial charge in [0.25, 0.3) is 5.91 Å². The van der Waals surface area contributed by atoms with E-state index in [9.17, 15) is 14.4 Å². The average Bonchev–Trinajstić information content (AvgIpc) is 2.77. The second-order valence-corrected chi connectivity index (χ2v) is 6.31. The monoisotopic (exact) mass is 337 g/mol. The van der Waals surface area contributed by atoms with Crippen molar-refractivity contribution in [1.29, 1.82) is 0 Å². The van der Waals surface area contributed by atoms with Gasteiger partial charge in [0.15, 0.2) is 0 Å². The highest BCUT2D eigenvalue weighted by Gasteiger charge is 2.47. The zero-order chi connectivity index (χ0) is 17.0. The first-order chi connectivity index (χ1) is 10.9. The normalized spacial score (nSPS) is 20.4. The number of hydrogen-bond donors (Lipinski definition) is 2. The van der Waals surface area contributed by atoms with Crippen LogP contribution in [0.4, 0.5) is 4.79 Å². The van der Waals surface area contributed by atoms with Crippen LogP contribution in [0.2, 0.25) is 0 Å². The van der Waals surface area contributed by atoms with Gasteiger partial charge in [-0.05, 0) is 31.5 Å². The summed E-state index contributed by atoms with van der Waals surface area (Å²) in [5, 5.41) is 3.32. The molecule has 0 spiro atoms. The zero-order valence-corrected chi connectivity index (χ0v) is 14.0. The second-order valence-electron chi connectivity index (χ2n) is 5.26. The fourth-order valence-electron chi connectivity index (χ4n) is 2.02. The number of carbonyl (C=O) groups is 3. The molecule has 1 heterocycles. The molecule has 4 amide bonds. The van der Waals surface area contributed by atoms with Crippen LogP contribution in [0, 0.1) is 0 Å². The van der Waals surface area contributed by atoms with Crippen molar-refractivity contribution >= 4 is 29.6 Å². The minimum atomic E-state index is -0.968. The van der Waals surface area contributed by atoms with E-state index in [-0.39, 0.29) is 5.75 Å². The van der Waals surface area contributed by atoms with Gasteiger partial charge >= 0.3 is 6.03 Å². The van der Waals surface area contributed by atoms with Gasteiger partial charge in [-0.2, -0.15) is 5.01 Å². The van der Waals surface area contributed by atoms with Crippen LogP contribution in [-0.4, -0.2) is 41.3 Å². The minimum absolute atomic E-state index is 0.0765. The molecule has 8 heteroatoms. The fourth-order valence-corrected chi connectivity index (χ4v) is 2.76. The largest absolute Gasteiger partial charge is 0.497 e. The quantitative estimate of drug-likeness (QED) is 0.607. The molecule has 1 fully saturated rings. The maximum absolute atomic E-state index is 12.2. The minimum Gasteiger partial charge on any atom is -0.497 e. The van der Waals surface area contributed by atoms with E-state index in [4.69, 9.17) is 4.74 Å². The molecule has 0 aliphatic carbocycles. The average molecular weight is 337 g/mol. The predicted octanol–water partition coefficient (Wildman–Crippen LogP) is 1.54. The summed E-state index contributed by atoms with van der Waals surface area (Å²) in [6, 6.07) is 6.67. The van der Waals surface area contributed by atoms with E-state index >= 15 is 0 Å². The molecule has 124 valence electrons. The van der Waals surface area contributed by atoms with Gasteiger partial charge < -0.3 is 10.1 Å². The third kappa shape index (κ3) is 3.76. The van der Waals surface area contributed by atoms with Crippen LogP contribution < -0.4 is 15.5 Å². The van der Waals surface area contributed by atoms with Crippen LogP contribution in [0.1, 0.15) is 20.3 Å². The van der Waals surface area contributed by atoms with Crippen molar-refractivity contribution in [2.75, 3.05) is 12.9 Å². The topological polar surface area (TPSA) is 87.7 Å². The van der Waals surface area contributed by atoms with Crippen molar-refractivity contribution in [3.05, 3.63) is 24.3 Å². The molecule has 1 atom stereocenters. The number of benzene rings is 1. The molecular weight excluding hydrogens is 318 g/mol. The van der Waals surface area contributed by atoms with Crippen LogP contribution >= 0.6 is 11.8 Å². The Morgan fingerprint density at radius 2 is 2.17 bits per heavy atom. The Labute approximate surface area is 138 Å². The summed E-state index contributed by atoms with van der Waals surface area (Å²) in [7, 11) is 1.57. The number of hydrazine groups is 1. The van der Waals surface area contributed by atoms with Crippen LogP contribution in [0.5, 0.6) is 5.75 Å². The highest BCUT2D eigenvalue weighted by Crippen LogP contribution is 2.23. The molecule has 0 saturated carbocycles.